The lowest BCUT2D eigenvalue weighted by Gasteiger charge is -2.07. The molecule has 82 valence electrons. The zero-order chi connectivity index (χ0) is 11.7. The standard InChI is InChI=1S/C15H11NO/c17-15-10-16-9-14-12(7-4-8-13(14)15)11-5-2-1-3-6-11/h1-10,17H. The van der Waals surface area contributed by atoms with Gasteiger partial charge < -0.3 is 5.11 Å². The Hall–Kier alpha value is -2.35. The summed E-state index contributed by atoms with van der Waals surface area (Å²) >= 11 is 0. The van der Waals surface area contributed by atoms with Crippen LogP contribution >= 0.6 is 0 Å². The van der Waals surface area contributed by atoms with Gasteiger partial charge in [-0.05, 0) is 11.1 Å². The number of aromatic nitrogens is 1. The lowest BCUT2D eigenvalue weighted by atomic mass is 9.99. The van der Waals surface area contributed by atoms with Crippen LogP contribution < -0.4 is 0 Å². The van der Waals surface area contributed by atoms with Crippen molar-refractivity contribution in [3.8, 4) is 16.9 Å². The van der Waals surface area contributed by atoms with Crippen LogP contribution in [0.3, 0.4) is 0 Å². The van der Waals surface area contributed by atoms with E-state index >= 15 is 0 Å². The number of hydrogen-bond donors (Lipinski definition) is 1. The van der Waals surface area contributed by atoms with Gasteiger partial charge in [0.05, 0.1) is 6.20 Å². The number of hydrogen-bond acceptors (Lipinski definition) is 2. The van der Waals surface area contributed by atoms with E-state index in [9.17, 15) is 5.11 Å². The summed E-state index contributed by atoms with van der Waals surface area (Å²) in [5, 5.41) is 11.6. The summed E-state index contributed by atoms with van der Waals surface area (Å²) < 4.78 is 0. The Bertz CT molecular complexity index is 662. The van der Waals surface area contributed by atoms with Gasteiger partial charge in [0.1, 0.15) is 5.75 Å². The van der Waals surface area contributed by atoms with Crippen molar-refractivity contribution < 1.29 is 5.11 Å². The molecule has 2 nitrogen and oxygen atoms in total. The molecule has 0 spiro atoms. The van der Waals surface area contributed by atoms with Gasteiger partial charge in [-0.3, -0.25) is 4.98 Å². The molecule has 0 aliphatic rings. The quantitative estimate of drug-likeness (QED) is 0.681. The summed E-state index contributed by atoms with van der Waals surface area (Å²) in [6.45, 7) is 0. The normalized spacial score (nSPS) is 10.6. The minimum absolute atomic E-state index is 0.222. The van der Waals surface area contributed by atoms with Crippen molar-refractivity contribution in [1.82, 2.24) is 4.98 Å². The Morgan fingerprint density at radius 1 is 0.765 bits per heavy atom. The summed E-state index contributed by atoms with van der Waals surface area (Å²) in [6.07, 6.45) is 3.26. The maximum Gasteiger partial charge on any atom is 0.141 e. The van der Waals surface area contributed by atoms with Gasteiger partial charge in [0.15, 0.2) is 0 Å². The van der Waals surface area contributed by atoms with Gasteiger partial charge in [-0.25, -0.2) is 0 Å². The van der Waals surface area contributed by atoms with E-state index in [0.717, 1.165) is 21.9 Å². The van der Waals surface area contributed by atoms with E-state index in [2.05, 4.69) is 17.1 Å². The summed E-state index contributed by atoms with van der Waals surface area (Å²) in [7, 11) is 0. The minimum atomic E-state index is 0.222. The Labute approximate surface area is 99.2 Å². The third kappa shape index (κ3) is 1.64. The van der Waals surface area contributed by atoms with Gasteiger partial charge in [0.2, 0.25) is 0 Å². The van der Waals surface area contributed by atoms with E-state index in [-0.39, 0.29) is 5.75 Å². The van der Waals surface area contributed by atoms with E-state index in [1.807, 2.05) is 36.4 Å². The van der Waals surface area contributed by atoms with E-state index in [0.29, 0.717) is 0 Å². The molecule has 2 aromatic carbocycles. The topological polar surface area (TPSA) is 33.1 Å². The van der Waals surface area contributed by atoms with Gasteiger partial charge in [0, 0.05) is 17.0 Å². The fraction of sp³-hybridized carbons (Fsp3) is 0. The molecule has 3 rings (SSSR count). The molecule has 0 atom stereocenters. The van der Waals surface area contributed by atoms with Crippen LogP contribution in [-0.4, -0.2) is 10.1 Å². The molecule has 2 heteroatoms. The Kier molecular flexibility index (Phi) is 2.26. The zero-order valence-corrected chi connectivity index (χ0v) is 9.17. The average Bonchev–Trinajstić information content (AvgIpc) is 2.40. The van der Waals surface area contributed by atoms with Crippen molar-refractivity contribution in [2.24, 2.45) is 0 Å². The van der Waals surface area contributed by atoms with Crippen LogP contribution in [0.15, 0.2) is 60.9 Å². The van der Waals surface area contributed by atoms with Crippen molar-refractivity contribution in [2.45, 2.75) is 0 Å². The number of fused-ring (bicyclic) bond motifs is 1. The molecule has 0 saturated heterocycles. The third-order valence-electron chi connectivity index (χ3n) is 2.87. The first-order valence-corrected chi connectivity index (χ1v) is 5.47. The van der Waals surface area contributed by atoms with E-state index in [4.69, 9.17) is 0 Å². The molecule has 0 radical (unpaired) electrons. The lowest BCUT2D eigenvalue weighted by Crippen LogP contribution is -1.83. The molecule has 0 amide bonds. The molecule has 3 aromatic rings. The second-order valence-electron chi connectivity index (χ2n) is 3.93. The van der Waals surface area contributed by atoms with Gasteiger partial charge in [-0.15, -0.1) is 0 Å². The van der Waals surface area contributed by atoms with Gasteiger partial charge in [0.25, 0.3) is 0 Å². The van der Waals surface area contributed by atoms with Crippen LogP contribution in [-0.2, 0) is 0 Å². The highest BCUT2D eigenvalue weighted by Gasteiger charge is 2.05. The van der Waals surface area contributed by atoms with Gasteiger partial charge >= 0.3 is 0 Å². The molecule has 1 aromatic heterocycles. The summed E-state index contributed by atoms with van der Waals surface area (Å²) in [5.41, 5.74) is 2.22. The van der Waals surface area contributed by atoms with Crippen LogP contribution in [0.25, 0.3) is 21.9 Å². The Morgan fingerprint density at radius 3 is 2.41 bits per heavy atom. The molecule has 17 heavy (non-hydrogen) atoms. The minimum Gasteiger partial charge on any atom is -0.506 e. The molecule has 0 fully saturated rings. The molecular weight excluding hydrogens is 210 g/mol. The maximum atomic E-state index is 9.78. The number of nitrogens with zero attached hydrogens (tertiary/aromatic N) is 1. The molecule has 0 aliphatic carbocycles. The maximum absolute atomic E-state index is 9.78. The lowest BCUT2D eigenvalue weighted by molar-refractivity contribution is 0.479. The van der Waals surface area contributed by atoms with Crippen molar-refractivity contribution >= 4 is 10.8 Å². The SMILES string of the molecule is Oc1cncc2c(-c3ccccc3)cccc12. The summed E-state index contributed by atoms with van der Waals surface area (Å²) in [4.78, 5) is 4.05. The molecule has 1 N–H and O–H groups in total. The molecule has 1 heterocycles. The van der Waals surface area contributed by atoms with Crippen molar-refractivity contribution in [3.63, 3.8) is 0 Å². The predicted octanol–water partition coefficient (Wildman–Crippen LogP) is 3.61. The largest absolute Gasteiger partial charge is 0.506 e. The molecule has 0 unspecified atom stereocenters. The number of benzene rings is 2. The van der Waals surface area contributed by atoms with Gasteiger partial charge in [-0.1, -0.05) is 48.5 Å². The van der Waals surface area contributed by atoms with Crippen LogP contribution in [0.2, 0.25) is 0 Å². The summed E-state index contributed by atoms with van der Waals surface area (Å²) in [5.74, 6) is 0.222. The van der Waals surface area contributed by atoms with Crippen LogP contribution in [0.1, 0.15) is 0 Å². The molecule has 0 bridgehead atoms. The van der Waals surface area contributed by atoms with Crippen molar-refractivity contribution in [3.05, 3.63) is 60.9 Å². The number of rotatable bonds is 1. The van der Waals surface area contributed by atoms with Crippen LogP contribution in [0.4, 0.5) is 0 Å². The fourth-order valence-electron chi connectivity index (χ4n) is 2.05. The average molecular weight is 221 g/mol. The monoisotopic (exact) mass is 221 g/mol. The number of aromatic hydroxyl groups is 1. The first-order chi connectivity index (χ1) is 8.36. The Morgan fingerprint density at radius 2 is 1.59 bits per heavy atom. The highest BCUT2D eigenvalue weighted by Crippen LogP contribution is 2.31. The van der Waals surface area contributed by atoms with Gasteiger partial charge in [-0.2, -0.15) is 0 Å². The molecule has 0 saturated carbocycles. The second kappa shape index (κ2) is 3.91. The highest BCUT2D eigenvalue weighted by molar-refractivity contribution is 5.98. The van der Waals surface area contributed by atoms with Crippen molar-refractivity contribution in [1.29, 1.82) is 0 Å². The predicted molar refractivity (Wildman–Crippen MR) is 68.8 cm³/mol. The first-order valence-electron chi connectivity index (χ1n) is 5.47. The second-order valence-corrected chi connectivity index (χ2v) is 3.93. The Balaban J connectivity index is 2.35. The molecule has 0 aliphatic heterocycles. The van der Waals surface area contributed by atoms with E-state index in [1.165, 1.54) is 6.20 Å². The molecular formula is C15H11NO. The van der Waals surface area contributed by atoms with Crippen molar-refractivity contribution in [2.75, 3.05) is 0 Å². The fourth-order valence-corrected chi connectivity index (χ4v) is 2.05. The number of pyridine rings is 1. The third-order valence-corrected chi connectivity index (χ3v) is 2.87. The highest BCUT2D eigenvalue weighted by atomic mass is 16.3. The summed E-state index contributed by atoms with van der Waals surface area (Å²) in [6, 6.07) is 16.0. The van der Waals surface area contributed by atoms with Crippen LogP contribution in [0, 0.1) is 0 Å². The van der Waals surface area contributed by atoms with Crippen LogP contribution in [0.5, 0.6) is 5.75 Å². The first kappa shape index (κ1) is 9.85. The zero-order valence-electron chi connectivity index (χ0n) is 9.17. The smallest absolute Gasteiger partial charge is 0.141 e. The van der Waals surface area contributed by atoms with E-state index < -0.39 is 0 Å². The van der Waals surface area contributed by atoms with E-state index in [1.54, 1.807) is 6.20 Å².